The highest BCUT2D eigenvalue weighted by molar-refractivity contribution is 7.27. The van der Waals surface area contributed by atoms with Gasteiger partial charge in [0.15, 0.2) is 11.5 Å². The SMILES string of the molecule is c1ccc2c(c1)ccc1c2sc2c3ccccc3c3c(c4ccccc4n3-c3nc4ccccc4n4c3nc3ccccc34)c12. The molecule has 0 atom stereocenters. The van der Waals surface area contributed by atoms with Gasteiger partial charge in [-0.05, 0) is 41.1 Å². The lowest BCUT2D eigenvalue weighted by atomic mass is 9.98. The molecule has 0 radical (unpaired) electrons. The first-order chi connectivity index (χ1) is 22.3. The Balaban J connectivity index is 1.44. The van der Waals surface area contributed by atoms with E-state index >= 15 is 0 Å². The van der Waals surface area contributed by atoms with Crippen molar-refractivity contribution in [1.29, 1.82) is 0 Å². The lowest BCUT2D eigenvalue weighted by Crippen LogP contribution is -2.03. The van der Waals surface area contributed by atoms with Gasteiger partial charge in [-0.2, -0.15) is 0 Å². The summed E-state index contributed by atoms with van der Waals surface area (Å²) in [7, 11) is 0. The maximum atomic E-state index is 5.40. The Bertz CT molecular complexity index is 3050. The molecule has 7 aromatic carbocycles. The summed E-state index contributed by atoms with van der Waals surface area (Å²) in [6.45, 7) is 0. The van der Waals surface area contributed by atoms with Crippen LogP contribution in [0.1, 0.15) is 0 Å². The third kappa shape index (κ3) is 2.96. The molecular weight excluding hydrogens is 569 g/mol. The molecule has 4 aromatic heterocycles. The Hall–Kier alpha value is -5.78. The fraction of sp³-hybridized carbons (Fsp3) is 0. The monoisotopic (exact) mass is 590 g/mol. The maximum absolute atomic E-state index is 5.40. The summed E-state index contributed by atoms with van der Waals surface area (Å²) in [6.07, 6.45) is 0. The van der Waals surface area contributed by atoms with E-state index in [1.165, 1.54) is 58.0 Å². The number of aromatic nitrogens is 4. The summed E-state index contributed by atoms with van der Waals surface area (Å²) in [6, 6.07) is 47.8. The molecule has 0 bridgehead atoms. The van der Waals surface area contributed by atoms with Crippen LogP contribution >= 0.6 is 11.3 Å². The highest BCUT2D eigenvalue weighted by atomic mass is 32.1. The molecule has 0 saturated carbocycles. The first-order valence-electron chi connectivity index (χ1n) is 15.2. The van der Waals surface area contributed by atoms with E-state index in [9.17, 15) is 0 Å². The molecule has 0 aliphatic heterocycles. The fourth-order valence-corrected chi connectivity index (χ4v) is 8.98. The van der Waals surface area contributed by atoms with Gasteiger partial charge in [0, 0.05) is 41.7 Å². The number of thiophene rings is 1. The average molecular weight is 591 g/mol. The van der Waals surface area contributed by atoms with E-state index in [0.717, 1.165) is 39.0 Å². The van der Waals surface area contributed by atoms with Crippen molar-refractivity contribution in [3.05, 3.63) is 133 Å². The zero-order valence-corrected chi connectivity index (χ0v) is 24.7. The molecule has 0 aliphatic rings. The van der Waals surface area contributed by atoms with Gasteiger partial charge < -0.3 is 0 Å². The summed E-state index contributed by atoms with van der Waals surface area (Å²) < 4.78 is 7.32. The summed E-state index contributed by atoms with van der Waals surface area (Å²) in [5.74, 6) is 0.839. The van der Waals surface area contributed by atoms with E-state index in [2.05, 4.69) is 142 Å². The Labute approximate surface area is 260 Å². The topological polar surface area (TPSA) is 35.1 Å². The molecule has 208 valence electrons. The predicted octanol–water partition coefficient (Wildman–Crippen LogP) is 10.8. The Kier molecular flexibility index (Phi) is 4.43. The van der Waals surface area contributed by atoms with E-state index in [1.54, 1.807) is 0 Å². The molecule has 45 heavy (non-hydrogen) atoms. The highest BCUT2D eigenvalue weighted by Gasteiger charge is 2.25. The van der Waals surface area contributed by atoms with E-state index in [0.29, 0.717) is 0 Å². The largest absolute Gasteiger partial charge is 0.290 e. The molecule has 11 aromatic rings. The molecule has 0 unspecified atom stereocenters. The van der Waals surface area contributed by atoms with Crippen LogP contribution in [0, 0.1) is 0 Å². The van der Waals surface area contributed by atoms with E-state index in [4.69, 9.17) is 9.97 Å². The van der Waals surface area contributed by atoms with Gasteiger partial charge in [0.2, 0.25) is 0 Å². The van der Waals surface area contributed by atoms with Gasteiger partial charge >= 0.3 is 0 Å². The van der Waals surface area contributed by atoms with Crippen molar-refractivity contribution in [2.24, 2.45) is 0 Å². The molecule has 0 fully saturated rings. The van der Waals surface area contributed by atoms with Crippen molar-refractivity contribution in [3.8, 4) is 5.82 Å². The minimum absolute atomic E-state index is 0.839. The standard InChI is InChI=1S/C40H22N4S/c1-2-12-24-23(11-1)21-22-28-35-34-27-15-5-8-18-31(27)44(36(34)25-13-3-4-14-26(25)38(35)45-37(24)28)40-39-41-29-16-6-9-19-32(29)43(39)33-20-10-7-17-30(33)42-40/h1-22H. The van der Waals surface area contributed by atoms with Gasteiger partial charge in [0.1, 0.15) is 0 Å². The van der Waals surface area contributed by atoms with Crippen LogP contribution in [0.4, 0.5) is 0 Å². The summed E-state index contributed by atoms with van der Waals surface area (Å²) in [5, 5.41) is 10.2. The zero-order valence-electron chi connectivity index (χ0n) is 23.9. The number of nitrogens with zero attached hydrogens (tertiary/aromatic N) is 4. The fourth-order valence-electron chi connectivity index (χ4n) is 7.60. The van der Waals surface area contributed by atoms with Crippen molar-refractivity contribution in [1.82, 2.24) is 18.9 Å². The van der Waals surface area contributed by atoms with Crippen molar-refractivity contribution in [2.75, 3.05) is 0 Å². The molecule has 5 heteroatoms. The van der Waals surface area contributed by atoms with Gasteiger partial charge in [-0.15, -0.1) is 11.3 Å². The second-order valence-corrected chi connectivity index (χ2v) is 12.8. The minimum atomic E-state index is 0.839. The number of hydrogen-bond donors (Lipinski definition) is 0. The smallest absolute Gasteiger partial charge is 0.182 e. The maximum Gasteiger partial charge on any atom is 0.182 e. The van der Waals surface area contributed by atoms with E-state index < -0.39 is 0 Å². The lowest BCUT2D eigenvalue weighted by molar-refractivity contribution is 1.08. The first kappa shape index (κ1) is 23.6. The molecular formula is C40H22N4S. The van der Waals surface area contributed by atoms with Crippen LogP contribution in [-0.4, -0.2) is 18.9 Å². The Morgan fingerprint density at radius 2 is 1.07 bits per heavy atom. The van der Waals surface area contributed by atoms with Crippen LogP contribution in [0.3, 0.4) is 0 Å². The van der Waals surface area contributed by atoms with Crippen LogP contribution in [0.2, 0.25) is 0 Å². The van der Waals surface area contributed by atoms with Crippen molar-refractivity contribution in [2.45, 2.75) is 0 Å². The van der Waals surface area contributed by atoms with Crippen molar-refractivity contribution in [3.63, 3.8) is 0 Å². The van der Waals surface area contributed by atoms with Crippen LogP contribution in [-0.2, 0) is 0 Å². The number of para-hydroxylation sites is 5. The van der Waals surface area contributed by atoms with Crippen LogP contribution in [0.25, 0.3) is 97.1 Å². The molecule has 4 heterocycles. The average Bonchev–Trinajstić information content (AvgIpc) is 3.78. The van der Waals surface area contributed by atoms with Crippen LogP contribution in [0.15, 0.2) is 133 Å². The Morgan fingerprint density at radius 1 is 0.444 bits per heavy atom. The summed E-state index contributed by atoms with van der Waals surface area (Å²) in [5.41, 5.74) is 7.17. The number of fused-ring (bicyclic) bond motifs is 17. The second-order valence-electron chi connectivity index (χ2n) is 11.8. The number of imidazole rings is 1. The van der Waals surface area contributed by atoms with Gasteiger partial charge in [-0.3, -0.25) is 8.97 Å². The predicted molar refractivity (Wildman–Crippen MR) is 190 cm³/mol. The van der Waals surface area contributed by atoms with E-state index in [-0.39, 0.29) is 0 Å². The van der Waals surface area contributed by atoms with E-state index in [1.807, 2.05) is 11.3 Å². The van der Waals surface area contributed by atoms with Gasteiger partial charge in [0.05, 0.1) is 33.1 Å². The molecule has 0 amide bonds. The van der Waals surface area contributed by atoms with Gasteiger partial charge in [0.25, 0.3) is 0 Å². The quantitative estimate of drug-likeness (QED) is 0.191. The molecule has 0 aliphatic carbocycles. The third-order valence-corrected chi connectivity index (χ3v) is 10.7. The highest BCUT2D eigenvalue weighted by Crippen LogP contribution is 2.49. The van der Waals surface area contributed by atoms with Gasteiger partial charge in [-0.1, -0.05) is 103 Å². The Morgan fingerprint density at radius 3 is 1.87 bits per heavy atom. The van der Waals surface area contributed by atoms with Crippen LogP contribution < -0.4 is 0 Å². The zero-order chi connectivity index (χ0) is 29.2. The third-order valence-electron chi connectivity index (χ3n) is 9.45. The molecule has 0 N–H and O–H groups in total. The molecule has 0 spiro atoms. The summed E-state index contributed by atoms with van der Waals surface area (Å²) >= 11 is 1.92. The van der Waals surface area contributed by atoms with Crippen molar-refractivity contribution < 1.29 is 0 Å². The van der Waals surface area contributed by atoms with Crippen LogP contribution in [0.5, 0.6) is 0 Å². The lowest BCUT2D eigenvalue weighted by Gasteiger charge is -2.13. The first-order valence-corrected chi connectivity index (χ1v) is 16.0. The number of benzene rings is 7. The molecule has 11 rings (SSSR count). The normalized spacial score (nSPS) is 12.4. The molecule has 0 saturated heterocycles. The van der Waals surface area contributed by atoms with Crippen molar-refractivity contribution >= 4 is 103 Å². The second kappa shape index (κ2) is 8.44. The number of hydrogen-bond acceptors (Lipinski definition) is 3. The minimum Gasteiger partial charge on any atom is -0.290 e. The molecule has 4 nitrogen and oxygen atoms in total. The number of rotatable bonds is 1. The van der Waals surface area contributed by atoms with Gasteiger partial charge in [-0.25, -0.2) is 9.97 Å². The summed E-state index contributed by atoms with van der Waals surface area (Å²) in [4.78, 5) is 10.6.